The molecule has 8 nitrogen and oxygen atoms in total. The number of hydrogen-bond acceptors (Lipinski definition) is 6. The average Bonchev–Trinajstić information content (AvgIpc) is 2.73. The van der Waals surface area contributed by atoms with Crippen LogP contribution in [0.25, 0.3) is 11.2 Å². The molecule has 18 heavy (non-hydrogen) atoms. The molecule has 0 aliphatic carbocycles. The highest BCUT2D eigenvalue weighted by molar-refractivity contribution is 5.70. The predicted molar refractivity (Wildman–Crippen MR) is 65.2 cm³/mol. The molecule has 1 fully saturated rings. The van der Waals surface area contributed by atoms with Crippen molar-refractivity contribution < 1.29 is 4.74 Å². The minimum Gasteiger partial charge on any atom is -0.375 e. The van der Waals surface area contributed by atoms with Gasteiger partial charge in [-0.1, -0.05) is 0 Å². The Kier molecular flexibility index (Phi) is 2.73. The van der Waals surface area contributed by atoms with E-state index in [1.807, 2.05) is 0 Å². The molecule has 5 N–H and O–H groups in total. The number of nitrogen functional groups attached to an aromatic ring is 1. The van der Waals surface area contributed by atoms with Gasteiger partial charge in [0.15, 0.2) is 11.2 Å². The van der Waals surface area contributed by atoms with Crippen molar-refractivity contribution in [1.82, 2.24) is 25.3 Å². The van der Waals surface area contributed by atoms with Crippen molar-refractivity contribution in [3.05, 3.63) is 16.2 Å². The van der Waals surface area contributed by atoms with E-state index in [4.69, 9.17) is 10.5 Å². The molecule has 3 heterocycles. The fourth-order valence-corrected chi connectivity index (χ4v) is 2.04. The van der Waals surface area contributed by atoms with Crippen LogP contribution in [0.5, 0.6) is 0 Å². The van der Waals surface area contributed by atoms with Crippen LogP contribution >= 0.6 is 0 Å². The molecule has 0 radical (unpaired) electrons. The number of hydrogen-bond donors (Lipinski definition) is 4. The van der Waals surface area contributed by atoms with Crippen LogP contribution in [-0.2, 0) is 11.2 Å². The van der Waals surface area contributed by atoms with Crippen molar-refractivity contribution in [2.45, 2.75) is 12.5 Å². The highest BCUT2D eigenvalue weighted by Gasteiger charge is 2.17. The first-order valence-electron chi connectivity index (χ1n) is 5.79. The summed E-state index contributed by atoms with van der Waals surface area (Å²) in [6.07, 6.45) is 0.679. The van der Waals surface area contributed by atoms with E-state index in [-0.39, 0.29) is 17.6 Å². The molecule has 0 spiro atoms. The van der Waals surface area contributed by atoms with Crippen LogP contribution in [0.4, 0.5) is 5.95 Å². The zero-order valence-corrected chi connectivity index (χ0v) is 9.69. The third kappa shape index (κ3) is 2.07. The molecule has 1 saturated heterocycles. The van der Waals surface area contributed by atoms with Crippen LogP contribution < -0.4 is 16.6 Å². The van der Waals surface area contributed by atoms with E-state index in [0.717, 1.165) is 13.1 Å². The number of nitrogens with one attached hydrogen (secondary N) is 3. The molecule has 8 heteroatoms. The van der Waals surface area contributed by atoms with Crippen LogP contribution in [0.3, 0.4) is 0 Å². The van der Waals surface area contributed by atoms with E-state index in [1.54, 1.807) is 0 Å². The van der Waals surface area contributed by atoms with Gasteiger partial charge in [-0.25, -0.2) is 4.98 Å². The second-order valence-electron chi connectivity index (χ2n) is 4.23. The molecule has 2 aromatic heterocycles. The fourth-order valence-electron chi connectivity index (χ4n) is 2.04. The number of anilines is 1. The number of nitrogens with two attached hydrogens (primary N) is 1. The number of aromatic amines is 2. The van der Waals surface area contributed by atoms with Crippen LogP contribution in [-0.4, -0.2) is 45.7 Å². The molecule has 0 bridgehead atoms. The lowest BCUT2D eigenvalue weighted by atomic mass is 10.2. The topological polar surface area (TPSA) is 122 Å². The summed E-state index contributed by atoms with van der Waals surface area (Å²) in [6, 6.07) is 0. The van der Waals surface area contributed by atoms with E-state index >= 15 is 0 Å². The Hall–Kier alpha value is -1.93. The number of aromatic nitrogens is 4. The van der Waals surface area contributed by atoms with E-state index in [1.165, 1.54) is 0 Å². The first-order chi connectivity index (χ1) is 8.72. The Balaban J connectivity index is 1.88. The van der Waals surface area contributed by atoms with Gasteiger partial charge in [0, 0.05) is 19.5 Å². The number of rotatable bonds is 2. The molecule has 0 amide bonds. The minimum atomic E-state index is -0.307. The lowest BCUT2D eigenvalue weighted by Gasteiger charge is -2.22. The molecule has 3 rings (SSSR count). The van der Waals surface area contributed by atoms with Gasteiger partial charge in [-0.05, 0) is 0 Å². The maximum absolute atomic E-state index is 11.6. The Morgan fingerprint density at radius 3 is 3.06 bits per heavy atom. The maximum atomic E-state index is 11.6. The number of morpholine rings is 1. The van der Waals surface area contributed by atoms with Gasteiger partial charge in [0.1, 0.15) is 5.82 Å². The molecule has 0 aromatic carbocycles. The molecule has 1 atom stereocenters. The normalized spacial score (nSPS) is 20.3. The van der Waals surface area contributed by atoms with E-state index in [9.17, 15) is 4.79 Å². The minimum absolute atomic E-state index is 0.0655. The van der Waals surface area contributed by atoms with Crippen molar-refractivity contribution in [3.63, 3.8) is 0 Å². The number of ether oxygens (including phenoxy) is 1. The monoisotopic (exact) mass is 250 g/mol. The SMILES string of the molecule is Nc1nc2nc(CC3CNCCO3)[nH]c2c(=O)[nH]1. The van der Waals surface area contributed by atoms with E-state index < -0.39 is 0 Å². The summed E-state index contributed by atoms with van der Waals surface area (Å²) in [5.41, 5.74) is 5.85. The molecule has 96 valence electrons. The van der Waals surface area contributed by atoms with Crippen LogP contribution in [0, 0.1) is 0 Å². The van der Waals surface area contributed by atoms with Crippen molar-refractivity contribution in [2.75, 3.05) is 25.4 Å². The smallest absolute Gasteiger partial charge is 0.278 e. The van der Waals surface area contributed by atoms with Gasteiger partial charge < -0.3 is 20.8 Å². The standard InChI is InChI=1S/C10H14N6O2/c11-10-15-8-7(9(17)16-10)13-6(14-8)3-5-4-12-1-2-18-5/h5,12H,1-4H2,(H4,11,13,14,15,16,17). The molecule has 1 aliphatic heterocycles. The number of H-pyrrole nitrogens is 2. The Morgan fingerprint density at radius 2 is 2.28 bits per heavy atom. The summed E-state index contributed by atoms with van der Waals surface area (Å²) >= 11 is 0. The number of nitrogens with zero attached hydrogens (tertiary/aromatic N) is 2. The Morgan fingerprint density at radius 1 is 1.39 bits per heavy atom. The van der Waals surface area contributed by atoms with Gasteiger partial charge in [-0.15, -0.1) is 0 Å². The third-order valence-corrected chi connectivity index (χ3v) is 2.85. The van der Waals surface area contributed by atoms with Gasteiger partial charge in [0.25, 0.3) is 5.56 Å². The largest absolute Gasteiger partial charge is 0.375 e. The van der Waals surface area contributed by atoms with Crippen molar-refractivity contribution in [2.24, 2.45) is 0 Å². The summed E-state index contributed by atoms with van der Waals surface area (Å²) < 4.78 is 5.58. The summed E-state index contributed by atoms with van der Waals surface area (Å²) in [6.45, 7) is 2.34. The number of imidazole rings is 1. The summed E-state index contributed by atoms with van der Waals surface area (Å²) in [4.78, 5) is 25.2. The fraction of sp³-hybridized carbons (Fsp3) is 0.500. The summed E-state index contributed by atoms with van der Waals surface area (Å²) in [5, 5.41) is 3.24. The van der Waals surface area contributed by atoms with Crippen LogP contribution in [0.1, 0.15) is 5.82 Å². The molecule has 1 unspecified atom stereocenters. The summed E-state index contributed by atoms with van der Waals surface area (Å²) in [7, 11) is 0. The van der Waals surface area contributed by atoms with Crippen LogP contribution in [0.15, 0.2) is 4.79 Å². The van der Waals surface area contributed by atoms with Gasteiger partial charge in [0.2, 0.25) is 5.95 Å². The summed E-state index contributed by atoms with van der Waals surface area (Å²) in [5.74, 6) is 0.753. The van der Waals surface area contributed by atoms with E-state index in [0.29, 0.717) is 30.0 Å². The van der Waals surface area contributed by atoms with Gasteiger partial charge in [-0.2, -0.15) is 4.98 Å². The zero-order valence-electron chi connectivity index (χ0n) is 9.69. The predicted octanol–water partition coefficient (Wildman–Crippen LogP) is -1.24. The lowest BCUT2D eigenvalue weighted by molar-refractivity contribution is 0.0282. The Bertz CT molecular complexity index is 612. The van der Waals surface area contributed by atoms with Gasteiger partial charge >= 0.3 is 0 Å². The maximum Gasteiger partial charge on any atom is 0.278 e. The first-order valence-corrected chi connectivity index (χ1v) is 5.79. The molecule has 0 saturated carbocycles. The number of fused-ring (bicyclic) bond motifs is 1. The highest BCUT2D eigenvalue weighted by atomic mass is 16.5. The third-order valence-electron chi connectivity index (χ3n) is 2.85. The lowest BCUT2D eigenvalue weighted by Crippen LogP contribution is -2.39. The average molecular weight is 250 g/mol. The van der Waals surface area contributed by atoms with Gasteiger partial charge in [0.05, 0.1) is 12.7 Å². The van der Waals surface area contributed by atoms with Crippen molar-refractivity contribution in [1.29, 1.82) is 0 Å². The second kappa shape index (κ2) is 4.39. The second-order valence-corrected chi connectivity index (χ2v) is 4.23. The van der Waals surface area contributed by atoms with Crippen LogP contribution in [0.2, 0.25) is 0 Å². The Labute approximate surface area is 102 Å². The van der Waals surface area contributed by atoms with Crippen molar-refractivity contribution >= 4 is 17.1 Å². The molecule has 2 aromatic rings. The van der Waals surface area contributed by atoms with Crippen molar-refractivity contribution in [3.8, 4) is 0 Å². The molecule has 1 aliphatic rings. The first kappa shape index (κ1) is 11.2. The zero-order chi connectivity index (χ0) is 12.5. The van der Waals surface area contributed by atoms with E-state index in [2.05, 4.69) is 25.3 Å². The molecular formula is C10H14N6O2. The highest BCUT2D eigenvalue weighted by Crippen LogP contribution is 2.09. The molecular weight excluding hydrogens is 236 g/mol. The van der Waals surface area contributed by atoms with Gasteiger partial charge in [-0.3, -0.25) is 9.78 Å². The quantitative estimate of drug-likeness (QED) is 0.529.